The van der Waals surface area contributed by atoms with Gasteiger partial charge >= 0.3 is 5.69 Å². The molecule has 0 saturated carbocycles. The van der Waals surface area contributed by atoms with Crippen LogP contribution in [0.1, 0.15) is 5.56 Å². The molecule has 2 rings (SSSR count). The fourth-order valence-electron chi connectivity index (χ4n) is 2.18. The van der Waals surface area contributed by atoms with E-state index in [9.17, 15) is 25.0 Å². The van der Waals surface area contributed by atoms with Gasteiger partial charge in [0, 0.05) is 0 Å². The highest BCUT2D eigenvalue weighted by Crippen LogP contribution is 2.40. The molecule has 0 spiro atoms. The van der Waals surface area contributed by atoms with Gasteiger partial charge in [-0.25, -0.2) is 5.43 Å². The lowest BCUT2D eigenvalue weighted by molar-refractivity contribution is -0.394. The number of hydrogen-bond acceptors (Lipinski definition) is 9. The summed E-state index contributed by atoms with van der Waals surface area (Å²) in [6, 6.07) is 8.59. The number of hydrogen-bond donors (Lipinski definition) is 1. The van der Waals surface area contributed by atoms with Crippen molar-refractivity contribution in [2.45, 2.75) is 0 Å². The number of methoxy groups -OCH3 is 2. The predicted molar refractivity (Wildman–Crippen MR) is 101 cm³/mol. The molecule has 0 unspecified atom stereocenters. The van der Waals surface area contributed by atoms with Crippen molar-refractivity contribution >= 4 is 23.5 Å². The van der Waals surface area contributed by atoms with Gasteiger partial charge in [0.25, 0.3) is 11.6 Å². The quantitative estimate of drug-likeness (QED) is 0.378. The van der Waals surface area contributed by atoms with Crippen molar-refractivity contribution in [3.8, 4) is 17.2 Å². The summed E-state index contributed by atoms with van der Waals surface area (Å²) in [4.78, 5) is 32.3. The molecule has 0 bridgehead atoms. The minimum absolute atomic E-state index is 0.251. The average Bonchev–Trinajstić information content (AvgIpc) is 2.71. The molecule has 0 aliphatic rings. The second-order valence-corrected chi connectivity index (χ2v) is 5.37. The van der Waals surface area contributed by atoms with E-state index in [4.69, 9.17) is 14.2 Å². The van der Waals surface area contributed by atoms with Crippen LogP contribution in [0, 0.1) is 20.2 Å². The Labute approximate surface area is 164 Å². The topological polar surface area (TPSA) is 155 Å². The lowest BCUT2D eigenvalue weighted by atomic mass is 10.2. The highest BCUT2D eigenvalue weighted by atomic mass is 16.6. The molecule has 0 aliphatic heterocycles. The highest BCUT2D eigenvalue weighted by Gasteiger charge is 2.27. The highest BCUT2D eigenvalue weighted by molar-refractivity contribution is 5.83. The predicted octanol–water partition coefficient (Wildman–Crippen LogP) is 2.05. The fraction of sp³-hybridized carbons (Fsp3) is 0.176. The number of nitrogens with zero attached hydrogens (tertiary/aromatic N) is 3. The Bertz CT molecular complexity index is 960. The molecule has 0 fully saturated rings. The molecule has 2 aromatic rings. The number of nitrogens with one attached hydrogen (secondary N) is 1. The van der Waals surface area contributed by atoms with E-state index in [2.05, 4.69) is 10.5 Å². The minimum Gasteiger partial charge on any atom is -0.497 e. The van der Waals surface area contributed by atoms with Crippen molar-refractivity contribution in [2.24, 2.45) is 5.10 Å². The maximum Gasteiger partial charge on any atom is 0.321 e. The molecule has 0 aromatic heterocycles. The van der Waals surface area contributed by atoms with Crippen LogP contribution in [0.25, 0.3) is 0 Å². The molecule has 0 aliphatic carbocycles. The third-order valence-electron chi connectivity index (χ3n) is 3.49. The largest absolute Gasteiger partial charge is 0.497 e. The van der Waals surface area contributed by atoms with Gasteiger partial charge < -0.3 is 14.2 Å². The van der Waals surface area contributed by atoms with Crippen LogP contribution in [0.15, 0.2) is 41.5 Å². The Kier molecular flexibility index (Phi) is 7.01. The summed E-state index contributed by atoms with van der Waals surface area (Å²) in [6.45, 7) is -0.634. The van der Waals surface area contributed by atoms with Gasteiger partial charge in [0.15, 0.2) is 12.4 Å². The summed E-state index contributed by atoms with van der Waals surface area (Å²) in [5.41, 5.74) is 1.61. The summed E-state index contributed by atoms with van der Waals surface area (Å²) < 4.78 is 15.1. The molecule has 1 N–H and O–H groups in total. The zero-order chi connectivity index (χ0) is 21.4. The number of non-ortho nitro benzene ring substituents is 1. The smallest absolute Gasteiger partial charge is 0.321 e. The van der Waals surface area contributed by atoms with Crippen molar-refractivity contribution in [3.63, 3.8) is 0 Å². The first-order valence-corrected chi connectivity index (χ1v) is 7.95. The molecular weight excluding hydrogens is 388 g/mol. The lowest BCUT2D eigenvalue weighted by Gasteiger charge is -2.10. The van der Waals surface area contributed by atoms with Crippen LogP contribution >= 0.6 is 0 Å². The Morgan fingerprint density at radius 1 is 1.14 bits per heavy atom. The standard InChI is InChI=1S/C17H16N4O8/c1-27-13-5-3-4-11(6-13)9-18-19-16(22)10-29-17-14(21(25)26)7-12(20(23)24)8-15(17)28-2/h3-9H,10H2,1-2H3,(H,19,22)/b18-9-. The minimum atomic E-state index is -0.871. The lowest BCUT2D eigenvalue weighted by Crippen LogP contribution is -2.25. The first kappa shape index (κ1) is 21.1. The maximum absolute atomic E-state index is 11.9. The van der Waals surface area contributed by atoms with Crippen molar-refractivity contribution in [2.75, 3.05) is 20.8 Å². The molecule has 152 valence electrons. The summed E-state index contributed by atoms with van der Waals surface area (Å²) in [6.07, 6.45) is 1.37. The van der Waals surface area contributed by atoms with E-state index in [0.717, 1.165) is 19.2 Å². The van der Waals surface area contributed by atoms with E-state index in [1.54, 1.807) is 24.3 Å². The molecule has 0 radical (unpaired) electrons. The first-order chi connectivity index (χ1) is 13.8. The number of carbonyl (C=O) groups is 1. The van der Waals surface area contributed by atoms with E-state index in [1.807, 2.05) is 0 Å². The second-order valence-electron chi connectivity index (χ2n) is 5.37. The van der Waals surface area contributed by atoms with Crippen LogP contribution in [-0.2, 0) is 4.79 Å². The zero-order valence-electron chi connectivity index (χ0n) is 15.4. The van der Waals surface area contributed by atoms with Crippen LogP contribution in [0.3, 0.4) is 0 Å². The van der Waals surface area contributed by atoms with Gasteiger partial charge in [0.05, 0.1) is 42.4 Å². The van der Waals surface area contributed by atoms with E-state index in [1.165, 1.54) is 13.3 Å². The maximum atomic E-state index is 11.9. The van der Waals surface area contributed by atoms with E-state index >= 15 is 0 Å². The van der Waals surface area contributed by atoms with Crippen LogP contribution in [0.5, 0.6) is 17.2 Å². The molecule has 29 heavy (non-hydrogen) atoms. The van der Waals surface area contributed by atoms with E-state index in [-0.39, 0.29) is 5.75 Å². The second kappa shape index (κ2) is 9.64. The summed E-state index contributed by atoms with van der Waals surface area (Å²) >= 11 is 0. The normalized spacial score (nSPS) is 10.4. The zero-order valence-corrected chi connectivity index (χ0v) is 15.4. The summed E-state index contributed by atoms with van der Waals surface area (Å²) in [5.74, 6) is -0.756. The molecule has 0 heterocycles. The third kappa shape index (κ3) is 5.63. The van der Waals surface area contributed by atoms with Crippen LogP contribution in [0.4, 0.5) is 11.4 Å². The van der Waals surface area contributed by atoms with E-state index in [0.29, 0.717) is 11.3 Å². The van der Waals surface area contributed by atoms with Crippen LogP contribution in [-0.4, -0.2) is 42.8 Å². The summed E-state index contributed by atoms with van der Waals surface area (Å²) in [5, 5.41) is 25.9. The Morgan fingerprint density at radius 3 is 2.52 bits per heavy atom. The molecule has 0 saturated heterocycles. The Balaban J connectivity index is 2.08. The number of nitro benzene ring substituents is 2. The van der Waals surface area contributed by atoms with Gasteiger partial charge in [-0.2, -0.15) is 5.10 Å². The first-order valence-electron chi connectivity index (χ1n) is 7.95. The van der Waals surface area contributed by atoms with Gasteiger partial charge in [-0.15, -0.1) is 0 Å². The number of benzene rings is 2. The molecule has 0 atom stereocenters. The van der Waals surface area contributed by atoms with Gasteiger partial charge in [-0.3, -0.25) is 25.0 Å². The van der Waals surface area contributed by atoms with Crippen LogP contribution < -0.4 is 19.6 Å². The molecule has 12 nitrogen and oxygen atoms in total. The Hall–Kier alpha value is -4.22. The number of carbonyl (C=O) groups excluding carboxylic acids is 1. The molecule has 2 aromatic carbocycles. The fourth-order valence-corrected chi connectivity index (χ4v) is 2.18. The number of amides is 1. The average molecular weight is 404 g/mol. The SMILES string of the molecule is COc1cccc(/C=N\NC(=O)COc2c(OC)cc([N+](=O)[O-])cc2[N+](=O)[O-])c1. The Morgan fingerprint density at radius 2 is 1.90 bits per heavy atom. The summed E-state index contributed by atoms with van der Waals surface area (Å²) in [7, 11) is 2.68. The van der Waals surface area contributed by atoms with Crippen molar-refractivity contribution in [3.05, 3.63) is 62.2 Å². The third-order valence-corrected chi connectivity index (χ3v) is 3.49. The number of ether oxygens (including phenoxy) is 3. The van der Waals surface area contributed by atoms with Crippen molar-refractivity contribution in [1.29, 1.82) is 0 Å². The molecule has 1 amide bonds. The monoisotopic (exact) mass is 404 g/mol. The number of hydrazone groups is 1. The number of rotatable bonds is 9. The van der Waals surface area contributed by atoms with Crippen molar-refractivity contribution < 1.29 is 28.9 Å². The van der Waals surface area contributed by atoms with Gasteiger partial charge in [0.1, 0.15) is 5.75 Å². The van der Waals surface area contributed by atoms with Crippen LogP contribution in [0.2, 0.25) is 0 Å². The van der Waals surface area contributed by atoms with Gasteiger partial charge in [-0.1, -0.05) is 12.1 Å². The van der Waals surface area contributed by atoms with Gasteiger partial charge in [0.2, 0.25) is 5.75 Å². The van der Waals surface area contributed by atoms with Gasteiger partial charge in [-0.05, 0) is 17.7 Å². The number of nitro groups is 2. The van der Waals surface area contributed by atoms with Crippen molar-refractivity contribution in [1.82, 2.24) is 5.43 Å². The molecule has 12 heteroatoms. The molecular formula is C17H16N4O8. The van der Waals surface area contributed by atoms with E-state index < -0.39 is 39.5 Å².